The number of aldehydes is 1. The second kappa shape index (κ2) is 5.67. The Labute approximate surface area is 123 Å². The van der Waals surface area contributed by atoms with Gasteiger partial charge in [0.25, 0.3) is 0 Å². The van der Waals surface area contributed by atoms with Gasteiger partial charge in [-0.25, -0.2) is 4.68 Å². The minimum Gasteiger partial charge on any atom is -0.383 e. The third-order valence-corrected chi connectivity index (χ3v) is 3.54. The third-order valence-electron chi connectivity index (χ3n) is 3.12. The smallest absolute Gasteiger partial charge is 0.156 e. The van der Waals surface area contributed by atoms with E-state index >= 15 is 0 Å². The molecule has 0 bridgehead atoms. The van der Waals surface area contributed by atoms with Crippen LogP contribution in [0.3, 0.4) is 0 Å². The molecule has 0 unspecified atom stereocenters. The minimum atomic E-state index is 0.400. The number of hydrogen-bond acceptors (Lipinski definition) is 3. The van der Waals surface area contributed by atoms with Gasteiger partial charge in [-0.15, -0.1) is 0 Å². The molecule has 0 amide bonds. The summed E-state index contributed by atoms with van der Waals surface area (Å²) >= 11 is 6.03. The van der Waals surface area contributed by atoms with Gasteiger partial charge >= 0.3 is 0 Å². The molecule has 1 aromatic carbocycles. The zero-order valence-electron chi connectivity index (χ0n) is 11.9. The highest BCUT2D eigenvalue weighted by atomic mass is 35.5. The summed E-state index contributed by atoms with van der Waals surface area (Å²) in [6.45, 7) is 6.75. The van der Waals surface area contributed by atoms with Gasteiger partial charge in [0.15, 0.2) is 6.29 Å². The van der Waals surface area contributed by atoms with Gasteiger partial charge in [0.2, 0.25) is 0 Å². The van der Waals surface area contributed by atoms with Gasteiger partial charge < -0.3 is 5.73 Å². The molecule has 106 valence electrons. The van der Waals surface area contributed by atoms with Crippen molar-refractivity contribution in [3.63, 3.8) is 0 Å². The SMILES string of the molecule is Cc1cc(-c2nn(CC(C)C)c(N)c2C=O)ccc1Cl. The van der Waals surface area contributed by atoms with E-state index in [1.807, 2.05) is 19.1 Å². The lowest BCUT2D eigenvalue weighted by molar-refractivity contribution is 0.112. The number of benzene rings is 1. The molecular weight excluding hydrogens is 274 g/mol. The predicted molar refractivity (Wildman–Crippen MR) is 82.0 cm³/mol. The fraction of sp³-hybridized carbons (Fsp3) is 0.333. The van der Waals surface area contributed by atoms with E-state index in [-0.39, 0.29) is 0 Å². The first-order valence-electron chi connectivity index (χ1n) is 6.52. The molecule has 2 N–H and O–H groups in total. The van der Waals surface area contributed by atoms with E-state index in [9.17, 15) is 4.79 Å². The van der Waals surface area contributed by atoms with E-state index in [1.54, 1.807) is 10.7 Å². The van der Waals surface area contributed by atoms with E-state index < -0.39 is 0 Å². The molecular formula is C15H18ClN3O. The fourth-order valence-electron chi connectivity index (χ4n) is 2.10. The zero-order chi connectivity index (χ0) is 14.9. The second-order valence-corrected chi connectivity index (χ2v) is 5.71. The summed E-state index contributed by atoms with van der Waals surface area (Å²) in [6.07, 6.45) is 0.762. The number of nitrogens with zero attached hydrogens (tertiary/aromatic N) is 2. The van der Waals surface area contributed by atoms with Crippen LogP contribution < -0.4 is 5.73 Å². The van der Waals surface area contributed by atoms with Crippen LogP contribution in [0.15, 0.2) is 18.2 Å². The molecule has 1 heterocycles. The van der Waals surface area contributed by atoms with Crippen molar-refractivity contribution < 1.29 is 4.79 Å². The molecule has 0 radical (unpaired) electrons. The Bertz CT molecular complexity index is 647. The van der Waals surface area contributed by atoms with Gasteiger partial charge in [-0.05, 0) is 30.5 Å². The van der Waals surface area contributed by atoms with Crippen molar-refractivity contribution in [3.8, 4) is 11.3 Å². The first-order chi connectivity index (χ1) is 9.43. The van der Waals surface area contributed by atoms with E-state index in [0.29, 0.717) is 34.6 Å². The van der Waals surface area contributed by atoms with Crippen LogP contribution in [0.4, 0.5) is 5.82 Å². The summed E-state index contributed by atoms with van der Waals surface area (Å²) in [5.41, 5.74) is 8.85. The van der Waals surface area contributed by atoms with Crippen LogP contribution in [0.1, 0.15) is 29.8 Å². The monoisotopic (exact) mass is 291 g/mol. The molecule has 0 aliphatic carbocycles. The number of anilines is 1. The Morgan fingerprint density at radius 2 is 2.15 bits per heavy atom. The van der Waals surface area contributed by atoms with Gasteiger partial charge in [0, 0.05) is 17.1 Å². The zero-order valence-corrected chi connectivity index (χ0v) is 12.6. The maximum atomic E-state index is 11.3. The van der Waals surface area contributed by atoms with Crippen LogP contribution in [0.2, 0.25) is 5.02 Å². The van der Waals surface area contributed by atoms with Gasteiger partial charge in [0.1, 0.15) is 11.5 Å². The standard InChI is InChI=1S/C15H18ClN3O/c1-9(2)7-19-15(17)12(8-20)14(18-19)11-4-5-13(16)10(3)6-11/h4-6,8-9H,7,17H2,1-3H3. The van der Waals surface area contributed by atoms with Crippen LogP contribution >= 0.6 is 11.6 Å². The van der Waals surface area contributed by atoms with Crippen LogP contribution in [0, 0.1) is 12.8 Å². The van der Waals surface area contributed by atoms with Crippen LogP contribution in [-0.2, 0) is 6.54 Å². The van der Waals surface area contributed by atoms with Crippen molar-refractivity contribution in [2.24, 2.45) is 5.92 Å². The molecule has 2 rings (SSSR count). The fourth-order valence-corrected chi connectivity index (χ4v) is 2.21. The summed E-state index contributed by atoms with van der Waals surface area (Å²) in [4.78, 5) is 11.3. The lowest BCUT2D eigenvalue weighted by Crippen LogP contribution is -2.09. The summed E-state index contributed by atoms with van der Waals surface area (Å²) in [6, 6.07) is 5.57. The molecule has 0 fully saturated rings. The number of halogens is 1. The number of aromatic nitrogens is 2. The lowest BCUT2D eigenvalue weighted by atomic mass is 10.1. The number of rotatable bonds is 4. The van der Waals surface area contributed by atoms with Crippen molar-refractivity contribution in [1.82, 2.24) is 9.78 Å². The Kier molecular flexibility index (Phi) is 4.14. The molecule has 0 saturated carbocycles. The van der Waals surface area contributed by atoms with Crippen LogP contribution in [0.5, 0.6) is 0 Å². The van der Waals surface area contributed by atoms with E-state index in [1.165, 1.54) is 0 Å². The van der Waals surface area contributed by atoms with Crippen molar-refractivity contribution in [3.05, 3.63) is 34.3 Å². The van der Waals surface area contributed by atoms with Crippen LogP contribution in [0.25, 0.3) is 11.3 Å². The molecule has 4 nitrogen and oxygen atoms in total. The van der Waals surface area contributed by atoms with Gasteiger partial charge in [-0.2, -0.15) is 5.10 Å². The minimum absolute atomic E-state index is 0.400. The third kappa shape index (κ3) is 2.70. The average Bonchev–Trinajstić information content (AvgIpc) is 2.69. The second-order valence-electron chi connectivity index (χ2n) is 5.31. The first-order valence-corrected chi connectivity index (χ1v) is 6.89. The highest BCUT2D eigenvalue weighted by Gasteiger charge is 2.17. The molecule has 1 aromatic heterocycles. The van der Waals surface area contributed by atoms with Crippen LogP contribution in [-0.4, -0.2) is 16.1 Å². The Morgan fingerprint density at radius 1 is 1.45 bits per heavy atom. The molecule has 0 spiro atoms. The number of carbonyl (C=O) groups is 1. The van der Waals surface area contributed by atoms with E-state index in [4.69, 9.17) is 17.3 Å². The summed E-state index contributed by atoms with van der Waals surface area (Å²) in [7, 11) is 0. The van der Waals surface area contributed by atoms with Gasteiger partial charge in [-0.3, -0.25) is 4.79 Å². The summed E-state index contributed by atoms with van der Waals surface area (Å²) in [5.74, 6) is 0.813. The molecule has 2 aromatic rings. The first kappa shape index (κ1) is 14.6. The van der Waals surface area contributed by atoms with E-state index in [0.717, 1.165) is 17.4 Å². The van der Waals surface area contributed by atoms with E-state index in [2.05, 4.69) is 18.9 Å². The molecule has 5 heteroatoms. The molecule has 20 heavy (non-hydrogen) atoms. The number of nitrogens with two attached hydrogens (primary N) is 1. The number of nitrogen functional groups attached to an aromatic ring is 1. The van der Waals surface area contributed by atoms with Gasteiger partial charge in [-0.1, -0.05) is 31.5 Å². The topological polar surface area (TPSA) is 60.9 Å². The summed E-state index contributed by atoms with van der Waals surface area (Å²) < 4.78 is 1.69. The highest BCUT2D eigenvalue weighted by molar-refractivity contribution is 6.31. The molecule has 0 atom stereocenters. The van der Waals surface area contributed by atoms with Crippen molar-refractivity contribution in [1.29, 1.82) is 0 Å². The molecule has 0 aliphatic rings. The quantitative estimate of drug-likeness (QED) is 0.876. The predicted octanol–water partition coefficient (Wildman–Crippen LogP) is 3.56. The maximum Gasteiger partial charge on any atom is 0.156 e. The van der Waals surface area contributed by atoms with Crippen molar-refractivity contribution >= 4 is 23.7 Å². The molecule has 0 aliphatic heterocycles. The number of hydrogen-bond donors (Lipinski definition) is 1. The average molecular weight is 292 g/mol. The Balaban J connectivity index is 2.55. The van der Waals surface area contributed by atoms with Crippen molar-refractivity contribution in [2.45, 2.75) is 27.3 Å². The normalized spacial score (nSPS) is 11.1. The number of carbonyl (C=O) groups excluding carboxylic acids is 1. The molecule has 0 saturated heterocycles. The van der Waals surface area contributed by atoms with Gasteiger partial charge in [0.05, 0.1) is 5.56 Å². The Morgan fingerprint density at radius 3 is 2.70 bits per heavy atom. The maximum absolute atomic E-state index is 11.3. The summed E-state index contributed by atoms with van der Waals surface area (Å²) in [5, 5.41) is 5.17. The Hall–Kier alpha value is -1.81. The largest absolute Gasteiger partial charge is 0.383 e. The highest BCUT2D eigenvalue weighted by Crippen LogP contribution is 2.29. The number of aryl methyl sites for hydroxylation is 1. The van der Waals surface area contributed by atoms with Crippen molar-refractivity contribution in [2.75, 3.05) is 5.73 Å². The lowest BCUT2D eigenvalue weighted by Gasteiger charge is -2.06.